The second-order valence-electron chi connectivity index (χ2n) is 3.08. The molecule has 0 aliphatic carbocycles. The van der Waals surface area contributed by atoms with E-state index in [2.05, 4.69) is 6.92 Å². The second kappa shape index (κ2) is 3.94. The van der Waals surface area contributed by atoms with Gasteiger partial charge in [0.05, 0.1) is 12.7 Å². The second-order valence-corrected chi connectivity index (χ2v) is 3.08. The van der Waals surface area contributed by atoms with Crippen molar-refractivity contribution >= 4 is 0 Å². The average molecular weight is 144 g/mol. The van der Waals surface area contributed by atoms with Crippen molar-refractivity contribution in [1.29, 1.82) is 0 Å². The molecule has 1 heterocycles. The summed E-state index contributed by atoms with van der Waals surface area (Å²) < 4.78 is 10.5. The lowest BCUT2D eigenvalue weighted by Gasteiger charge is -2.26. The third-order valence-corrected chi connectivity index (χ3v) is 1.98. The third kappa shape index (κ3) is 2.27. The highest BCUT2D eigenvalue weighted by Crippen LogP contribution is 2.18. The summed E-state index contributed by atoms with van der Waals surface area (Å²) in [7, 11) is 1.72. The quantitative estimate of drug-likeness (QED) is 0.584. The van der Waals surface area contributed by atoms with Crippen LogP contribution in [-0.2, 0) is 9.47 Å². The molecule has 0 radical (unpaired) electrons. The fraction of sp³-hybridized carbons (Fsp3) is 1.00. The molecule has 0 saturated carbocycles. The van der Waals surface area contributed by atoms with Crippen molar-refractivity contribution in [3.8, 4) is 0 Å². The van der Waals surface area contributed by atoms with Crippen LogP contribution in [-0.4, -0.2) is 26.4 Å². The van der Waals surface area contributed by atoms with Gasteiger partial charge in [-0.2, -0.15) is 0 Å². The summed E-state index contributed by atoms with van der Waals surface area (Å²) in [4.78, 5) is 0. The Labute approximate surface area is 62.5 Å². The van der Waals surface area contributed by atoms with Crippen molar-refractivity contribution in [2.75, 3.05) is 20.3 Å². The zero-order valence-electron chi connectivity index (χ0n) is 6.80. The standard InChI is InChI=1S/C8H16O2/c1-7-3-4-10-8(5-7)6-9-2/h7-8H,3-6H2,1-2H3/t7-,8-/m1/s1. The minimum atomic E-state index is 0.355. The molecule has 0 aromatic carbocycles. The predicted molar refractivity (Wildman–Crippen MR) is 40.0 cm³/mol. The molecule has 1 fully saturated rings. The van der Waals surface area contributed by atoms with Crippen LogP contribution in [0.3, 0.4) is 0 Å². The van der Waals surface area contributed by atoms with Crippen LogP contribution in [0.4, 0.5) is 0 Å². The Kier molecular flexibility index (Phi) is 3.16. The normalized spacial score (nSPS) is 34.2. The molecule has 0 bridgehead atoms. The van der Waals surface area contributed by atoms with Gasteiger partial charge >= 0.3 is 0 Å². The highest BCUT2D eigenvalue weighted by molar-refractivity contribution is 4.67. The van der Waals surface area contributed by atoms with Crippen molar-refractivity contribution in [3.05, 3.63) is 0 Å². The van der Waals surface area contributed by atoms with E-state index < -0.39 is 0 Å². The smallest absolute Gasteiger partial charge is 0.0810 e. The summed E-state index contributed by atoms with van der Waals surface area (Å²) >= 11 is 0. The summed E-state index contributed by atoms with van der Waals surface area (Å²) in [6.07, 6.45) is 2.72. The van der Waals surface area contributed by atoms with Gasteiger partial charge in [0, 0.05) is 13.7 Å². The van der Waals surface area contributed by atoms with Crippen molar-refractivity contribution in [1.82, 2.24) is 0 Å². The Bertz CT molecular complexity index is 91.3. The molecule has 0 aromatic heterocycles. The number of hydrogen-bond donors (Lipinski definition) is 0. The average Bonchev–Trinajstić information content (AvgIpc) is 1.88. The fourth-order valence-corrected chi connectivity index (χ4v) is 1.37. The first kappa shape index (κ1) is 8.02. The lowest BCUT2D eigenvalue weighted by Crippen LogP contribution is -2.27. The fourth-order valence-electron chi connectivity index (χ4n) is 1.37. The summed E-state index contributed by atoms with van der Waals surface area (Å²) in [5.74, 6) is 0.814. The zero-order chi connectivity index (χ0) is 7.40. The molecule has 0 spiro atoms. The van der Waals surface area contributed by atoms with Gasteiger partial charge in [0.2, 0.25) is 0 Å². The van der Waals surface area contributed by atoms with Crippen molar-refractivity contribution < 1.29 is 9.47 Å². The topological polar surface area (TPSA) is 18.5 Å². The van der Waals surface area contributed by atoms with Crippen LogP contribution in [0.25, 0.3) is 0 Å². The van der Waals surface area contributed by atoms with Crippen LogP contribution >= 0.6 is 0 Å². The Hall–Kier alpha value is -0.0800. The Balaban J connectivity index is 2.18. The van der Waals surface area contributed by atoms with Crippen molar-refractivity contribution in [3.63, 3.8) is 0 Å². The lowest BCUT2D eigenvalue weighted by atomic mass is 9.98. The van der Waals surface area contributed by atoms with Gasteiger partial charge < -0.3 is 9.47 Å². The van der Waals surface area contributed by atoms with Gasteiger partial charge in [-0.3, -0.25) is 0 Å². The molecule has 60 valence electrons. The summed E-state index contributed by atoms with van der Waals surface area (Å²) in [5, 5.41) is 0. The first-order valence-corrected chi connectivity index (χ1v) is 3.93. The molecular formula is C8H16O2. The molecule has 10 heavy (non-hydrogen) atoms. The molecule has 1 saturated heterocycles. The zero-order valence-corrected chi connectivity index (χ0v) is 6.80. The first-order valence-electron chi connectivity index (χ1n) is 3.93. The maximum Gasteiger partial charge on any atom is 0.0810 e. The molecule has 1 aliphatic heterocycles. The molecule has 0 amide bonds. The van der Waals surface area contributed by atoms with Crippen LogP contribution in [0.5, 0.6) is 0 Å². The Morgan fingerprint density at radius 2 is 2.40 bits per heavy atom. The molecule has 1 rings (SSSR count). The van der Waals surface area contributed by atoms with Gasteiger partial charge in [0.1, 0.15) is 0 Å². The van der Waals surface area contributed by atoms with Gasteiger partial charge in [0.15, 0.2) is 0 Å². The largest absolute Gasteiger partial charge is 0.382 e. The summed E-state index contributed by atoms with van der Waals surface area (Å²) in [6.45, 7) is 3.94. The molecule has 2 heteroatoms. The number of hydrogen-bond acceptors (Lipinski definition) is 2. The molecule has 1 aliphatic rings. The van der Waals surface area contributed by atoms with Gasteiger partial charge in [-0.05, 0) is 18.8 Å². The van der Waals surface area contributed by atoms with E-state index in [0.717, 1.165) is 25.6 Å². The first-order chi connectivity index (χ1) is 4.83. The molecule has 0 N–H and O–H groups in total. The van der Waals surface area contributed by atoms with E-state index >= 15 is 0 Å². The van der Waals surface area contributed by atoms with Gasteiger partial charge in [-0.25, -0.2) is 0 Å². The number of rotatable bonds is 2. The lowest BCUT2D eigenvalue weighted by molar-refractivity contribution is -0.0445. The predicted octanol–water partition coefficient (Wildman–Crippen LogP) is 1.45. The van der Waals surface area contributed by atoms with E-state index in [-0.39, 0.29) is 0 Å². The molecule has 2 nitrogen and oxygen atoms in total. The van der Waals surface area contributed by atoms with Gasteiger partial charge in [0.25, 0.3) is 0 Å². The monoisotopic (exact) mass is 144 g/mol. The van der Waals surface area contributed by atoms with E-state index in [1.54, 1.807) is 7.11 Å². The van der Waals surface area contributed by atoms with Crippen molar-refractivity contribution in [2.24, 2.45) is 5.92 Å². The van der Waals surface area contributed by atoms with Crippen LogP contribution in [0.1, 0.15) is 19.8 Å². The van der Waals surface area contributed by atoms with E-state index in [4.69, 9.17) is 9.47 Å². The van der Waals surface area contributed by atoms with Crippen LogP contribution < -0.4 is 0 Å². The summed E-state index contributed by atoms with van der Waals surface area (Å²) in [5.41, 5.74) is 0. The van der Waals surface area contributed by atoms with Crippen molar-refractivity contribution in [2.45, 2.75) is 25.9 Å². The number of ether oxygens (including phenoxy) is 2. The molecule has 2 atom stereocenters. The van der Waals surface area contributed by atoms with E-state index in [0.29, 0.717) is 6.10 Å². The third-order valence-electron chi connectivity index (χ3n) is 1.98. The minimum absolute atomic E-state index is 0.355. The van der Waals surface area contributed by atoms with E-state index in [1.165, 1.54) is 6.42 Å². The van der Waals surface area contributed by atoms with Crippen LogP contribution in [0.2, 0.25) is 0 Å². The number of methoxy groups -OCH3 is 1. The van der Waals surface area contributed by atoms with Gasteiger partial charge in [-0.1, -0.05) is 6.92 Å². The molecular weight excluding hydrogens is 128 g/mol. The Morgan fingerprint density at radius 3 is 3.00 bits per heavy atom. The Morgan fingerprint density at radius 1 is 1.60 bits per heavy atom. The van der Waals surface area contributed by atoms with E-state index in [9.17, 15) is 0 Å². The van der Waals surface area contributed by atoms with Crippen LogP contribution in [0, 0.1) is 5.92 Å². The highest BCUT2D eigenvalue weighted by atomic mass is 16.5. The summed E-state index contributed by atoms with van der Waals surface area (Å²) in [6, 6.07) is 0. The SMILES string of the molecule is COC[C@H]1C[C@H](C)CCO1. The minimum Gasteiger partial charge on any atom is -0.382 e. The highest BCUT2D eigenvalue weighted by Gasteiger charge is 2.18. The molecule has 0 unspecified atom stereocenters. The van der Waals surface area contributed by atoms with Gasteiger partial charge in [-0.15, -0.1) is 0 Å². The maximum atomic E-state index is 5.46. The molecule has 0 aromatic rings. The van der Waals surface area contributed by atoms with Crippen LogP contribution in [0.15, 0.2) is 0 Å². The maximum absolute atomic E-state index is 5.46. The van der Waals surface area contributed by atoms with E-state index in [1.807, 2.05) is 0 Å².